The molecule has 5 rings (SSSR count). The fourth-order valence-electron chi connectivity index (χ4n) is 4.12. The summed E-state index contributed by atoms with van der Waals surface area (Å²) >= 11 is 3.47. The Morgan fingerprint density at radius 2 is 1.62 bits per heavy atom. The molecular weight excluding hydrogens is 593 g/mol. The van der Waals surface area contributed by atoms with Gasteiger partial charge in [-0.3, -0.25) is 0 Å². The van der Waals surface area contributed by atoms with Gasteiger partial charge in [0, 0.05) is 30.2 Å². The summed E-state index contributed by atoms with van der Waals surface area (Å²) in [6, 6.07) is 22.4. The molecule has 0 radical (unpaired) electrons. The summed E-state index contributed by atoms with van der Waals surface area (Å²) in [7, 11) is -4.27. The highest BCUT2D eigenvalue weighted by Crippen LogP contribution is 2.46. The Morgan fingerprint density at radius 3 is 2.26 bits per heavy atom. The third-order valence-electron chi connectivity index (χ3n) is 5.93. The van der Waals surface area contributed by atoms with Gasteiger partial charge < -0.3 is 24.8 Å². The molecular formula is C31H36N2O6S3. The molecule has 4 aromatic rings. The van der Waals surface area contributed by atoms with Crippen molar-refractivity contribution in [1.82, 2.24) is 0 Å². The monoisotopic (exact) mass is 628 g/mol. The van der Waals surface area contributed by atoms with Crippen LogP contribution >= 0.6 is 23.1 Å². The van der Waals surface area contributed by atoms with E-state index in [1.807, 2.05) is 31.2 Å². The molecule has 0 bridgehead atoms. The maximum absolute atomic E-state index is 10.4. The number of hydrogen-bond donors (Lipinski definition) is 3. The average molecular weight is 629 g/mol. The van der Waals surface area contributed by atoms with Crippen LogP contribution < -0.4 is 9.47 Å². The van der Waals surface area contributed by atoms with Crippen molar-refractivity contribution in [3.05, 3.63) is 100 Å². The summed E-state index contributed by atoms with van der Waals surface area (Å²) in [6.07, 6.45) is 4.35. The van der Waals surface area contributed by atoms with E-state index in [-0.39, 0.29) is 24.7 Å². The maximum atomic E-state index is 10.4. The average Bonchev–Trinajstić information content (AvgIpc) is 3.47. The smallest absolute Gasteiger partial charge is 0.263 e. The number of aryl methyl sites for hydroxylation is 1. The van der Waals surface area contributed by atoms with Gasteiger partial charge in [-0.05, 0) is 62.8 Å². The number of rotatable bonds is 7. The second-order valence-corrected chi connectivity index (χ2v) is 12.7. The van der Waals surface area contributed by atoms with Crippen LogP contribution in [-0.4, -0.2) is 54.7 Å². The lowest BCUT2D eigenvalue weighted by atomic mass is 10.2. The van der Waals surface area contributed by atoms with Crippen LogP contribution in [-0.2, 0) is 16.7 Å². The lowest BCUT2D eigenvalue weighted by molar-refractivity contribution is -0.670. The zero-order valence-electron chi connectivity index (χ0n) is 23.8. The van der Waals surface area contributed by atoms with Gasteiger partial charge in [0.1, 0.15) is 21.4 Å². The minimum Gasteiger partial charge on any atom is -0.744 e. The highest BCUT2D eigenvalue weighted by atomic mass is 32.2. The normalized spacial score (nSPS) is 13.8. The molecule has 224 valence electrons. The molecule has 0 unspecified atom stereocenters. The number of para-hydroxylation sites is 2. The molecule has 0 amide bonds. The Morgan fingerprint density at radius 1 is 0.976 bits per heavy atom. The van der Waals surface area contributed by atoms with E-state index in [1.54, 1.807) is 42.2 Å². The number of hydrogen-bond acceptors (Lipinski definition) is 9. The summed E-state index contributed by atoms with van der Waals surface area (Å²) in [5, 5.41) is 28.8. The summed E-state index contributed by atoms with van der Waals surface area (Å²) in [5.41, 5.74) is 4.37. The van der Waals surface area contributed by atoms with E-state index in [0.717, 1.165) is 32.4 Å². The fourth-order valence-corrected chi connectivity index (χ4v) is 6.99. The summed E-state index contributed by atoms with van der Waals surface area (Å²) in [6.45, 7) is 7.24. The Bertz CT molecular complexity index is 1630. The van der Waals surface area contributed by atoms with Crippen LogP contribution in [0.15, 0.2) is 99.3 Å². The van der Waals surface area contributed by atoms with Gasteiger partial charge in [0.15, 0.2) is 6.54 Å². The highest BCUT2D eigenvalue weighted by molar-refractivity contribution is 8.03. The largest absolute Gasteiger partial charge is 0.744 e. The highest BCUT2D eigenvalue weighted by Gasteiger charge is 2.24. The van der Waals surface area contributed by atoms with E-state index in [4.69, 9.17) is 5.11 Å². The van der Waals surface area contributed by atoms with Crippen molar-refractivity contribution in [2.24, 2.45) is 0 Å². The number of benzene rings is 3. The van der Waals surface area contributed by atoms with Gasteiger partial charge in [-0.1, -0.05) is 65.1 Å². The van der Waals surface area contributed by atoms with Gasteiger partial charge in [-0.15, -0.1) is 0 Å². The first-order chi connectivity index (χ1) is 20.1. The third-order valence-corrected chi connectivity index (χ3v) is 9.01. The van der Waals surface area contributed by atoms with Crippen LogP contribution in [0.5, 0.6) is 0 Å². The van der Waals surface area contributed by atoms with Crippen molar-refractivity contribution >= 4 is 55.2 Å². The number of fused-ring (bicyclic) bond motifs is 2. The van der Waals surface area contributed by atoms with Crippen LogP contribution in [0, 0.1) is 6.92 Å². The first-order valence-electron chi connectivity index (χ1n) is 13.3. The van der Waals surface area contributed by atoms with Crippen LogP contribution in [0.4, 0.5) is 5.69 Å². The van der Waals surface area contributed by atoms with E-state index >= 15 is 0 Å². The molecule has 0 fully saturated rings. The number of thiazole rings is 1. The number of thioether (sulfide) groups is 1. The van der Waals surface area contributed by atoms with Gasteiger partial charge in [0.05, 0.1) is 22.2 Å². The first kappa shape index (κ1) is 33.5. The Labute approximate surface area is 255 Å². The summed E-state index contributed by atoms with van der Waals surface area (Å²) in [4.78, 5) is 3.21. The predicted molar refractivity (Wildman–Crippen MR) is 169 cm³/mol. The quantitative estimate of drug-likeness (QED) is 0.195. The zero-order valence-corrected chi connectivity index (χ0v) is 26.3. The van der Waals surface area contributed by atoms with E-state index in [1.165, 1.54) is 21.7 Å². The van der Waals surface area contributed by atoms with Crippen LogP contribution in [0.25, 0.3) is 16.3 Å². The molecule has 11 heteroatoms. The molecule has 2 heterocycles. The third kappa shape index (κ3) is 8.98. The lowest BCUT2D eigenvalue weighted by Crippen LogP contribution is -2.36. The molecule has 0 atom stereocenters. The molecule has 0 saturated heterocycles. The number of nitrogens with zero attached hydrogens (tertiary/aromatic N) is 2. The number of β-amino-alcohol motifs (C(OH)–C–C–N with tert-alkyl or cyclic N) is 1. The molecule has 1 aromatic heterocycles. The van der Waals surface area contributed by atoms with Crippen LogP contribution in [0.3, 0.4) is 0 Å². The Hall–Kier alpha value is -3.03. The fraction of sp³-hybridized carbons (Fsp3) is 0.258. The number of aliphatic hydroxyl groups excluding tert-OH is 3. The maximum Gasteiger partial charge on any atom is 0.263 e. The van der Waals surface area contributed by atoms with Gasteiger partial charge in [0.2, 0.25) is 5.52 Å². The van der Waals surface area contributed by atoms with Crippen molar-refractivity contribution in [3.63, 3.8) is 0 Å². The predicted octanol–water partition coefficient (Wildman–Crippen LogP) is 4.93. The molecule has 8 nitrogen and oxygen atoms in total. The molecule has 1 aliphatic rings. The van der Waals surface area contributed by atoms with E-state index < -0.39 is 10.1 Å². The second-order valence-electron chi connectivity index (χ2n) is 9.18. The van der Waals surface area contributed by atoms with Crippen LogP contribution in [0.2, 0.25) is 0 Å². The number of aromatic nitrogens is 1. The van der Waals surface area contributed by atoms with E-state index in [0.29, 0.717) is 13.1 Å². The van der Waals surface area contributed by atoms with E-state index in [2.05, 4.69) is 52.8 Å². The van der Waals surface area contributed by atoms with Crippen molar-refractivity contribution in [2.45, 2.75) is 37.1 Å². The molecule has 3 aromatic carbocycles. The van der Waals surface area contributed by atoms with Crippen molar-refractivity contribution in [3.8, 4) is 0 Å². The molecule has 42 heavy (non-hydrogen) atoms. The first-order valence-corrected chi connectivity index (χ1v) is 16.4. The lowest BCUT2D eigenvalue weighted by Gasteiger charge is -2.19. The minimum absolute atomic E-state index is 0.113. The zero-order chi connectivity index (χ0) is 30.7. The molecule has 0 aliphatic carbocycles. The molecule has 0 spiro atoms. The summed E-state index contributed by atoms with van der Waals surface area (Å²) in [5.74, 6) is 0. The van der Waals surface area contributed by atoms with Crippen molar-refractivity contribution in [1.29, 1.82) is 0 Å². The number of anilines is 1. The Balaban J connectivity index is 0.000000288. The standard InChI is InChI=1S/C22H23N2O2S2.C7H8O3S.C2H6O/c1-16(14-21-23(10-12-25)17-6-2-4-8-19(17)27-21)15-22-24(11-13-26)18-7-3-5-9-20(18)28-22;1-6-2-4-7(5-3-6)11(8,9)10;1-2-3/h2-9,14-15,25-26H,10-13H2,1H3;2-5H,1H3,(H,8,9,10);3H,2H2,1H3/q+1;;/p-1. The van der Waals surface area contributed by atoms with Gasteiger partial charge in [-0.2, -0.15) is 4.57 Å². The molecule has 3 N–H and O–H groups in total. The molecule has 0 saturated carbocycles. The minimum atomic E-state index is -4.27. The second kappa shape index (κ2) is 16.0. The molecule has 1 aliphatic heterocycles. The number of allylic oxidation sites excluding steroid dienone is 2. The van der Waals surface area contributed by atoms with Gasteiger partial charge >= 0.3 is 0 Å². The number of aliphatic hydroxyl groups is 3. The Kier molecular flexibility index (Phi) is 12.7. The van der Waals surface area contributed by atoms with Crippen molar-refractivity contribution in [2.75, 3.05) is 31.3 Å². The topological polar surface area (TPSA) is 125 Å². The van der Waals surface area contributed by atoms with Gasteiger partial charge in [-0.25, -0.2) is 8.42 Å². The van der Waals surface area contributed by atoms with Crippen LogP contribution in [0.1, 0.15) is 24.4 Å². The van der Waals surface area contributed by atoms with Crippen molar-refractivity contribution < 1.29 is 32.9 Å². The SMILES string of the molecule is CC(=C\c1sc2ccccc2[n+]1CCO)/C=C1/Sc2ccccc2N1CCO.CCO.Cc1ccc(S(=O)(=O)[O-])cc1. The van der Waals surface area contributed by atoms with Gasteiger partial charge in [0.25, 0.3) is 5.01 Å². The summed E-state index contributed by atoms with van der Waals surface area (Å²) < 4.78 is 34.6. The van der Waals surface area contributed by atoms with E-state index in [9.17, 15) is 23.2 Å².